The second-order valence-electron chi connectivity index (χ2n) is 7.11. The lowest BCUT2D eigenvalue weighted by Gasteiger charge is -2.32. The van der Waals surface area contributed by atoms with E-state index in [1.54, 1.807) is 10.9 Å². The van der Waals surface area contributed by atoms with E-state index in [1.165, 1.54) is 0 Å². The number of piperidine rings is 1. The minimum Gasteiger partial charge on any atom is -0.340 e. The number of nitrogens with zero attached hydrogens (tertiary/aromatic N) is 6. The third kappa shape index (κ3) is 4.07. The molecule has 0 radical (unpaired) electrons. The van der Waals surface area contributed by atoms with Gasteiger partial charge in [0, 0.05) is 50.0 Å². The van der Waals surface area contributed by atoms with Gasteiger partial charge in [0.1, 0.15) is 12.4 Å². The van der Waals surface area contributed by atoms with Crippen LogP contribution in [0.25, 0.3) is 0 Å². The number of aryl methyl sites for hydroxylation is 1. The molecule has 1 aliphatic rings. The summed E-state index contributed by atoms with van der Waals surface area (Å²) in [7, 11) is 0. The second-order valence-corrected chi connectivity index (χ2v) is 7.11. The van der Waals surface area contributed by atoms with Crippen molar-refractivity contribution >= 4 is 5.91 Å². The predicted molar refractivity (Wildman–Crippen MR) is 101 cm³/mol. The van der Waals surface area contributed by atoms with Gasteiger partial charge in [-0.15, -0.1) is 0 Å². The highest BCUT2D eigenvalue weighted by Gasteiger charge is 2.27. The Morgan fingerprint density at radius 3 is 2.96 bits per heavy atom. The highest BCUT2D eigenvalue weighted by Crippen LogP contribution is 2.26. The summed E-state index contributed by atoms with van der Waals surface area (Å²) in [6, 6.07) is 5.94. The van der Waals surface area contributed by atoms with Gasteiger partial charge in [0.15, 0.2) is 0 Å². The first kappa shape index (κ1) is 17.5. The van der Waals surface area contributed by atoms with Crippen LogP contribution in [0.3, 0.4) is 0 Å². The largest absolute Gasteiger partial charge is 0.340 e. The third-order valence-electron chi connectivity index (χ3n) is 5.03. The molecule has 0 saturated carbocycles. The lowest BCUT2D eigenvalue weighted by atomic mass is 9.97. The lowest BCUT2D eigenvalue weighted by Crippen LogP contribution is -2.41. The van der Waals surface area contributed by atoms with E-state index < -0.39 is 0 Å². The molecule has 27 heavy (non-hydrogen) atoms. The van der Waals surface area contributed by atoms with Gasteiger partial charge >= 0.3 is 0 Å². The molecule has 4 heterocycles. The highest BCUT2D eigenvalue weighted by atomic mass is 16.2. The van der Waals surface area contributed by atoms with E-state index in [0.29, 0.717) is 13.1 Å². The summed E-state index contributed by atoms with van der Waals surface area (Å²) in [5.74, 6) is 1.42. The van der Waals surface area contributed by atoms with Gasteiger partial charge in [-0.3, -0.25) is 14.5 Å². The number of aromatic nitrogens is 5. The van der Waals surface area contributed by atoms with E-state index in [0.717, 1.165) is 43.0 Å². The summed E-state index contributed by atoms with van der Waals surface area (Å²) in [4.78, 5) is 23.4. The van der Waals surface area contributed by atoms with Gasteiger partial charge in [0.05, 0.1) is 12.2 Å². The Morgan fingerprint density at radius 2 is 2.19 bits per heavy atom. The molecule has 140 valence electrons. The fourth-order valence-corrected chi connectivity index (χ4v) is 3.71. The SMILES string of the molecule is Cc1ccn(CC(=O)N2CCCC(c3nccn3Cc3cccnc3)C2)n1. The molecule has 3 aromatic rings. The van der Waals surface area contributed by atoms with Crippen molar-refractivity contribution in [3.05, 3.63) is 66.3 Å². The van der Waals surface area contributed by atoms with Crippen LogP contribution < -0.4 is 0 Å². The van der Waals surface area contributed by atoms with Gasteiger partial charge in [0.2, 0.25) is 5.91 Å². The molecular formula is C20H24N6O. The summed E-state index contributed by atoms with van der Waals surface area (Å²) in [6.45, 7) is 4.49. The Kier molecular flexibility index (Phi) is 5.00. The maximum absolute atomic E-state index is 12.7. The number of rotatable bonds is 5. The van der Waals surface area contributed by atoms with Crippen LogP contribution in [0.15, 0.2) is 49.2 Å². The second kappa shape index (κ2) is 7.73. The van der Waals surface area contributed by atoms with Crippen LogP contribution in [0.2, 0.25) is 0 Å². The van der Waals surface area contributed by atoms with Crippen LogP contribution in [-0.2, 0) is 17.9 Å². The molecular weight excluding hydrogens is 340 g/mol. The Hall–Kier alpha value is -2.96. The van der Waals surface area contributed by atoms with E-state index in [2.05, 4.69) is 25.7 Å². The molecule has 0 N–H and O–H groups in total. The first-order valence-corrected chi connectivity index (χ1v) is 9.37. The molecule has 1 fully saturated rings. The minimum atomic E-state index is 0.119. The molecule has 1 unspecified atom stereocenters. The quantitative estimate of drug-likeness (QED) is 0.696. The molecule has 0 aliphatic carbocycles. The molecule has 7 nitrogen and oxygen atoms in total. The molecule has 1 aliphatic heterocycles. The first-order chi connectivity index (χ1) is 13.2. The van der Waals surface area contributed by atoms with Crippen molar-refractivity contribution in [2.45, 2.75) is 38.8 Å². The Labute approximate surface area is 158 Å². The van der Waals surface area contributed by atoms with Crippen LogP contribution in [0.1, 0.15) is 35.8 Å². The van der Waals surface area contributed by atoms with E-state index in [1.807, 2.05) is 48.7 Å². The zero-order valence-corrected chi connectivity index (χ0v) is 15.5. The van der Waals surface area contributed by atoms with Crippen molar-refractivity contribution in [3.8, 4) is 0 Å². The standard InChI is InChI=1S/C20H24N6O/c1-16-6-10-26(23-16)15-19(27)24-9-3-5-18(14-24)20-22-8-11-25(20)13-17-4-2-7-21-12-17/h2,4,6-8,10-12,18H,3,5,9,13-15H2,1H3. The van der Waals surface area contributed by atoms with Gasteiger partial charge in [-0.2, -0.15) is 5.10 Å². The van der Waals surface area contributed by atoms with E-state index in [9.17, 15) is 4.79 Å². The van der Waals surface area contributed by atoms with E-state index >= 15 is 0 Å². The van der Waals surface area contributed by atoms with Crippen molar-refractivity contribution in [2.75, 3.05) is 13.1 Å². The number of pyridine rings is 1. The van der Waals surface area contributed by atoms with Crippen LogP contribution in [0, 0.1) is 6.92 Å². The van der Waals surface area contributed by atoms with Gasteiger partial charge < -0.3 is 9.47 Å². The number of imidazole rings is 1. The zero-order valence-electron chi connectivity index (χ0n) is 15.5. The molecule has 3 aromatic heterocycles. The summed E-state index contributed by atoms with van der Waals surface area (Å²) < 4.78 is 3.89. The van der Waals surface area contributed by atoms with Crippen molar-refractivity contribution < 1.29 is 4.79 Å². The number of amides is 1. The van der Waals surface area contributed by atoms with Crippen molar-refractivity contribution in [3.63, 3.8) is 0 Å². The van der Waals surface area contributed by atoms with Crippen LogP contribution in [0.5, 0.6) is 0 Å². The normalized spacial score (nSPS) is 17.2. The number of hydrogen-bond acceptors (Lipinski definition) is 4. The topological polar surface area (TPSA) is 68.8 Å². The molecule has 7 heteroatoms. The van der Waals surface area contributed by atoms with Gasteiger partial charge in [-0.05, 0) is 37.5 Å². The monoisotopic (exact) mass is 364 g/mol. The Balaban J connectivity index is 1.44. The van der Waals surface area contributed by atoms with Crippen molar-refractivity contribution in [1.29, 1.82) is 0 Å². The fraction of sp³-hybridized carbons (Fsp3) is 0.400. The molecule has 0 aromatic carbocycles. The van der Waals surface area contributed by atoms with Crippen LogP contribution in [-0.4, -0.2) is 48.2 Å². The zero-order chi connectivity index (χ0) is 18.6. The van der Waals surface area contributed by atoms with Crippen molar-refractivity contribution in [1.82, 2.24) is 29.2 Å². The maximum Gasteiger partial charge on any atom is 0.244 e. The molecule has 0 bridgehead atoms. The van der Waals surface area contributed by atoms with E-state index in [4.69, 9.17) is 0 Å². The average molecular weight is 364 g/mol. The van der Waals surface area contributed by atoms with E-state index in [-0.39, 0.29) is 11.8 Å². The molecule has 1 amide bonds. The van der Waals surface area contributed by atoms with Gasteiger partial charge in [-0.1, -0.05) is 6.07 Å². The molecule has 0 spiro atoms. The Bertz CT molecular complexity index is 900. The number of hydrogen-bond donors (Lipinski definition) is 0. The average Bonchev–Trinajstić information content (AvgIpc) is 3.31. The van der Waals surface area contributed by atoms with Gasteiger partial charge in [-0.25, -0.2) is 4.98 Å². The van der Waals surface area contributed by atoms with Crippen LogP contribution >= 0.6 is 0 Å². The summed E-state index contributed by atoms with van der Waals surface area (Å²) in [5.41, 5.74) is 2.08. The number of likely N-dealkylation sites (tertiary alicyclic amines) is 1. The fourth-order valence-electron chi connectivity index (χ4n) is 3.71. The summed E-state index contributed by atoms with van der Waals surface area (Å²) >= 11 is 0. The molecule has 1 atom stereocenters. The Morgan fingerprint density at radius 1 is 1.26 bits per heavy atom. The smallest absolute Gasteiger partial charge is 0.244 e. The van der Waals surface area contributed by atoms with Crippen molar-refractivity contribution in [2.24, 2.45) is 0 Å². The number of carbonyl (C=O) groups excluding carboxylic acids is 1. The first-order valence-electron chi connectivity index (χ1n) is 9.37. The minimum absolute atomic E-state index is 0.119. The summed E-state index contributed by atoms with van der Waals surface area (Å²) in [6.07, 6.45) is 11.4. The van der Waals surface area contributed by atoms with Crippen LogP contribution in [0.4, 0.5) is 0 Å². The maximum atomic E-state index is 12.7. The molecule has 1 saturated heterocycles. The lowest BCUT2D eigenvalue weighted by molar-refractivity contribution is -0.133. The summed E-state index contributed by atoms with van der Waals surface area (Å²) in [5, 5.41) is 4.32. The van der Waals surface area contributed by atoms with Gasteiger partial charge in [0.25, 0.3) is 0 Å². The third-order valence-corrected chi connectivity index (χ3v) is 5.03. The predicted octanol–water partition coefficient (Wildman–Crippen LogP) is 2.24. The highest BCUT2D eigenvalue weighted by molar-refractivity contribution is 5.76. The number of carbonyl (C=O) groups is 1. The molecule has 4 rings (SSSR count).